The standard InChI is InChI=1S/C12H10BrClN4/c1-17-5-4-8(15-17)6-18-7-9-11(16-18)3-2-10(13)12(9)14/h2-5,7H,6H2,1H3. The van der Waals surface area contributed by atoms with Crippen LogP contribution in [0.2, 0.25) is 5.02 Å². The molecule has 4 nitrogen and oxygen atoms in total. The molecule has 2 aromatic heterocycles. The van der Waals surface area contributed by atoms with Crippen molar-refractivity contribution < 1.29 is 0 Å². The number of nitrogens with zero attached hydrogens (tertiary/aromatic N) is 4. The summed E-state index contributed by atoms with van der Waals surface area (Å²) in [6.45, 7) is 0.642. The lowest BCUT2D eigenvalue weighted by atomic mass is 10.3. The first-order chi connectivity index (χ1) is 8.63. The van der Waals surface area contributed by atoms with Gasteiger partial charge >= 0.3 is 0 Å². The molecule has 0 amide bonds. The first-order valence-electron chi connectivity index (χ1n) is 5.43. The fourth-order valence-corrected chi connectivity index (χ4v) is 2.43. The van der Waals surface area contributed by atoms with Gasteiger partial charge in [-0.05, 0) is 34.1 Å². The quantitative estimate of drug-likeness (QED) is 0.725. The van der Waals surface area contributed by atoms with Gasteiger partial charge in [-0.25, -0.2) is 0 Å². The normalized spacial score (nSPS) is 11.3. The molecule has 0 aliphatic carbocycles. The number of benzene rings is 1. The molecule has 0 fully saturated rings. The largest absolute Gasteiger partial charge is 0.275 e. The molecule has 18 heavy (non-hydrogen) atoms. The Balaban J connectivity index is 2.01. The monoisotopic (exact) mass is 324 g/mol. The highest BCUT2D eigenvalue weighted by Gasteiger charge is 2.08. The van der Waals surface area contributed by atoms with Crippen LogP contribution in [0.5, 0.6) is 0 Å². The molecule has 2 heterocycles. The molecule has 0 saturated heterocycles. The van der Waals surface area contributed by atoms with E-state index in [2.05, 4.69) is 26.1 Å². The zero-order valence-electron chi connectivity index (χ0n) is 9.64. The summed E-state index contributed by atoms with van der Waals surface area (Å²) in [5.74, 6) is 0. The van der Waals surface area contributed by atoms with Crippen molar-refractivity contribution in [3.63, 3.8) is 0 Å². The molecular weight excluding hydrogens is 316 g/mol. The zero-order valence-corrected chi connectivity index (χ0v) is 12.0. The Kier molecular flexibility index (Phi) is 2.87. The van der Waals surface area contributed by atoms with Gasteiger partial charge in [0.05, 0.1) is 22.8 Å². The van der Waals surface area contributed by atoms with E-state index in [0.717, 1.165) is 21.1 Å². The number of rotatable bonds is 2. The van der Waals surface area contributed by atoms with Crippen LogP contribution in [0.25, 0.3) is 10.9 Å². The molecule has 0 saturated carbocycles. The average molecular weight is 326 g/mol. The van der Waals surface area contributed by atoms with Crippen molar-refractivity contribution in [3.8, 4) is 0 Å². The predicted octanol–water partition coefficient (Wildman–Crippen LogP) is 3.23. The minimum atomic E-state index is 0.642. The van der Waals surface area contributed by atoms with E-state index >= 15 is 0 Å². The lowest BCUT2D eigenvalue weighted by Crippen LogP contribution is -2.01. The van der Waals surface area contributed by atoms with Crippen molar-refractivity contribution in [1.29, 1.82) is 0 Å². The summed E-state index contributed by atoms with van der Waals surface area (Å²) >= 11 is 9.64. The van der Waals surface area contributed by atoms with Gasteiger partial charge in [0, 0.05) is 29.3 Å². The van der Waals surface area contributed by atoms with Crippen LogP contribution in [0, 0.1) is 0 Å². The summed E-state index contributed by atoms with van der Waals surface area (Å²) in [6, 6.07) is 5.83. The Morgan fingerprint density at radius 3 is 2.83 bits per heavy atom. The van der Waals surface area contributed by atoms with E-state index in [4.69, 9.17) is 11.6 Å². The Morgan fingerprint density at radius 1 is 1.28 bits per heavy atom. The number of aryl methyl sites for hydroxylation is 1. The Morgan fingerprint density at radius 2 is 2.11 bits per heavy atom. The second-order valence-corrected chi connectivity index (χ2v) is 5.33. The highest BCUT2D eigenvalue weighted by molar-refractivity contribution is 9.10. The Labute approximate surface area is 117 Å². The van der Waals surface area contributed by atoms with E-state index in [1.807, 2.05) is 42.3 Å². The van der Waals surface area contributed by atoms with Crippen LogP contribution in [0.15, 0.2) is 35.1 Å². The molecule has 0 aliphatic heterocycles. The molecule has 1 aromatic carbocycles. The first kappa shape index (κ1) is 11.7. The third-order valence-electron chi connectivity index (χ3n) is 2.72. The van der Waals surface area contributed by atoms with Gasteiger partial charge in [0.15, 0.2) is 0 Å². The second-order valence-electron chi connectivity index (χ2n) is 4.10. The van der Waals surface area contributed by atoms with Crippen molar-refractivity contribution in [3.05, 3.63) is 45.8 Å². The Bertz CT molecular complexity index is 716. The van der Waals surface area contributed by atoms with Crippen LogP contribution in [0.1, 0.15) is 5.69 Å². The smallest absolute Gasteiger partial charge is 0.0939 e. The first-order valence-corrected chi connectivity index (χ1v) is 6.60. The van der Waals surface area contributed by atoms with Crippen molar-refractivity contribution in [2.24, 2.45) is 7.05 Å². The van der Waals surface area contributed by atoms with Gasteiger partial charge in [-0.3, -0.25) is 9.36 Å². The number of fused-ring (bicyclic) bond motifs is 1. The van der Waals surface area contributed by atoms with Crippen LogP contribution < -0.4 is 0 Å². The minimum Gasteiger partial charge on any atom is -0.275 e. The van der Waals surface area contributed by atoms with Crippen molar-refractivity contribution >= 4 is 38.4 Å². The fourth-order valence-electron chi connectivity index (χ4n) is 1.88. The molecule has 0 unspecified atom stereocenters. The number of hydrogen-bond donors (Lipinski definition) is 0. The molecule has 0 spiro atoms. The van der Waals surface area contributed by atoms with Crippen molar-refractivity contribution in [2.45, 2.75) is 6.54 Å². The van der Waals surface area contributed by atoms with Crippen LogP contribution >= 0.6 is 27.5 Å². The summed E-state index contributed by atoms with van der Waals surface area (Å²) < 4.78 is 4.52. The minimum absolute atomic E-state index is 0.642. The van der Waals surface area contributed by atoms with E-state index in [0.29, 0.717) is 11.6 Å². The zero-order chi connectivity index (χ0) is 12.7. The molecule has 0 radical (unpaired) electrons. The number of halogens is 2. The SMILES string of the molecule is Cn1ccc(Cn2cc3c(Cl)c(Br)ccc3n2)n1. The van der Waals surface area contributed by atoms with Gasteiger partial charge in [0.2, 0.25) is 0 Å². The molecule has 3 rings (SSSR count). The maximum absolute atomic E-state index is 6.23. The maximum Gasteiger partial charge on any atom is 0.0939 e. The molecule has 0 bridgehead atoms. The molecular formula is C12H10BrClN4. The van der Waals surface area contributed by atoms with Crippen molar-refractivity contribution in [1.82, 2.24) is 19.6 Å². The summed E-state index contributed by atoms with van der Waals surface area (Å²) in [4.78, 5) is 0. The highest BCUT2D eigenvalue weighted by atomic mass is 79.9. The van der Waals surface area contributed by atoms with Gasteiger partial charge in [-0.15, -0.1) is 0 Å². The summed E-state index contributed by atoms with van der Waals surface area (Å²) in [7, 11) is 1.90. The van der Waals surface area contributed by atoms with Gasteiger partial charge in [0.1, 0.15) is 0 Å². The van der Waals surface area contributed by atoms with Crippen LogP contribution in [0.4, 0.5) is 0 Å². The average Bonchev–Trinajstić information content (AvgIpc) is 2.91. The van der Waals surface area contributed by atoms with Gasteiger partial charge in [-0.2, -0.15) is 10.2 Å². The molecule has 0 aliphatic rings. The summed E-state index contributed by atoms with van der Waals surface area (Å²) in [5.41, 5.74) is 1.86. The Hall–Kier alpha value is -1.33. The summed E-state index contributed by atoms with van der Waals surface area (Å²) in [6.07, 6.45) is 3.86. The van der Waals surface area contributed by atoms with Crippen LogP contribution in [-0.4, -0.2) is 19.6 Å². The lowest BCUT2D eigenvalue weighted by Gasteiger charge is -1.96. The van der Waals surface area contributed by atoms with E-state index in [1.165, 1.54) is 0 Å². The van der Waals surface area contributed by atoms with E-state index in [1.54, 1.807) is 4.68 Å². The van der Waals surface area contributed by atoms with Gasteiger partial charge < -0.3 is 0 Å². The number of aromatic nitrogens is 4. The van der Waals surface area contributed by atoms with Crippen molar-refractivity contribution in [2.75, 3.05) is 0 Å². The van der Waals surface area contributed by atoms with Gasteiger partial charge in [-0.1, -0.05) is 11.6 Å². The predicted molar refractivity (Wildman–Crippen MR) is 74.8 cm³/mol. The second kappa shape index (κ2) is 4.40. The molecule has 3 aromatic rings. The topological polar surface area (TPSA) is 35.6 Å². The third-order valence-corrected chi connectivity index (χ3v) is 4.01. The fraction of sp³-hybridized carbons (Fsp3) is 0.167. The van der Waals surface area contributed by atoms with Crippen LogP contribution in [0.3, 0.4) is 0 Å². The molecule has 6 heteroatoms. The highest BCUT2D eigenvalue weighted by Crippen LogP contribution is 2.30. The molecule has 92 valence electrons. The number of hydrogen-bond acceptors (Lipinski definition) is 2. The van der Waals surface area contributed by atoms with E-state index in [-0.39, 0.29) is 0 Å². The van der Waals surface area contributed by atoms with Gasteiger partial charge in [0.25, 0.3) is 0 Å². The summed E-state index contributed by atoms with van der Waals surface area (Å²) in [5, 5.41) is 10.5. The molecule has 0 N–H and O–H groups in total. The van der Waals surface area contributed by atoms with E-state index in [9.17, 15) is 0 Å². The lowest BCUT2D eigenvalue weighted by molar-refractivity contribution is 0.656. The maximum atomic E-state index is 6.23. The third kappa shape index (κ3) is 2.04. The van der Waals surface area contributed by atoms with E-state index < -0.39 is 0 Å². The van der Waals surface area contributed by atoms with Crippen LogP contribution in [-0.2, 0) is 13.6 Å². The molecule has 0 atom stereocenters.